The number of carbonyl (C=O) groups is 1. The van der Waals surface area contributed by atoms with Crippen molar-refractivity contribution in [1.82, 2.24) is 14.0 Å². The second-order valence-corrected chi connectivity index (χ2v) is 13.7. The SMILES string of the molecule is CCN(CC)C(=O)C1=C(C)N=c2s/c(=C/c3cc(-c4ccccc4)n(-c4ccc([N+](=O)[O-])cc4)c3-c3ccccc3)c(=O)n2[C@H]1c1ccc(Cl)cc1. The predicted molar refractivity (Wildman–Crippen MR) is 206 cm³/mol. The number of benzene rings is 4. The number of nitrogens with zero attached hydrogens (tertiary/aromatic N) is 5. The Balaban J connectivity index is 1.50. The van der Waals surface area contributed by atoms with E-state index in [4.69, 9.17) is 16.6 Å². The van der Waals surface area contributed by atoms with E-state index in [2.05, 4.69) is 4.57 Å². The third-order valence-electron chi connectivity index (χ3n) is 9.24. The molecule has 6 aromatic rings. The van der Waals surface area contributed by atoms with Gasteiger partial charge in [0.15, 0.2) is 4.80 Å². The van der Waals surface area contributed by atoms with Crippen LogP contribution in [0.1, 0.15) is 37.9 Å². The molecule has 0 bridgehead atoms. The number of nitro benzene ring substituents is 1. The van der Waals surface area contributed by atoms with E-state index < -0.39 is 11.0 Å². The van der Waals surface area contributed by atoms with E-state index in [-0.39, 0.29) is 17.2 Å². The molecule has 1 atom stereocenters. The molecule has 0 unspecified atom stereocenters. The van der Waals surface area contributed by atoms with Crippen molar-refractivity contribution < 1.29 is 9.72 Å². The average molecular weight is 728 g/mol. The molecule has 1 aliphatic rings. The molecule has 0 saturated carbocycles. The molecule has 7 rings (SSSR count). The first-order valence-corrected chi connectivity index (χ1v) is 18.1. The summed E-state index contributed by atoms with van der Waals surface area (Å²) in [5, 5.41) is 12.1. The molecule has 9 nitrogen and oxygen atoms in total. The summed E-state index contributed by atoms with van der Waals surface area (Å²) in [6.45, 7) is 6.71. The maximum Gasteiger partial charge on any atom is 0.271 e. The van der Waals surface area contributed by atoms with Gasteiger partial charge >= 0.3 is 0 Å². The Bertz CT molecular complexity index is 2520. The number of nitro groups is 1. The number of allylic oxidation sites excluding steroid dienone is 1. The lowest BCUT2D eigenvalue weighted by Gasteiger charge is -2.29. The van der Waals surface area contributed by atoms with E-state index in [0.29, 0.717) is 38.7 Å². The fraction of sp³-hybridized carbons (Fsp3) is 0.146. The van der Waals surface area contributed by atoms with Gasteiger partial charge in [-0.1, -0.05) is 95.7 Å². The number of fused-ring (bicyclic) bond motifs is 1. The Morgan fingerprint density at radius 3 is 2.13 bits per heavy atom. The molecule has 2 aromatic heterocycles. The van der Waals surface area contributed by atoms with Crippen LogP contribution < -0.4 is 14.9 Å². The topological polar surface area (TPSA) is 103 Å². The van der Waals surface area contributed by atoms with Crippen molar-refractivity contribution in [1.29, 1.82) is 0 Å². The van der Waals surface area contributed by atoms with Gasteiger partial charge in [-0.05, 0) is 73.9 Å². The van der Waals surface area contributed by atoms with Crippen molar-refractivity contribution in [2.45, 2.75) is 26.8 Å². The molecule has 11 heteroatoms. The minimum absolute atomic E-state index is 0.0101. The third kappa shape index (κ3) is 6.31. The molecule has 4 aromatic carbocycles. The van der Waals surface area contributed by atoms with Crippen LogP contribution in [0.5, 0.6) is 0 Å². The van der Waals surface area contributed by atoms with E-state index in [9.17, 15) is 19.7 Å². The van der Waals surface area contributed by atoms with Gasteiger partial charge < -0.3 is 9.47 Å². The molecule has 52 heavy (non-hydrogen) atoms. The summed E-state index contributed by atoms with van der Waals surface area (Å²) < 4.78 is 4.13. The highest BCUT2D eigenvalue weighted by atomic mass is 35.5. The quantitative estimate of drug-likeness (QED) is 0.112. The van der Waals surface area contributed by atoms with Crippen molar-refractivity contribution >= 4 is 40.6 Å². The van der Waals surface area contributed by atoms with Gasteiger partial charge in [-0.2, -0.15) is 0 Å². The Kier molecular flexibility index (Phi) is 9.59. The number of likely N-dealkylation sites (N-methyl/N-ethyl adjacent to an activating group) is 1. The number of aromatic nitrogens is 2. The number of amides is 1. The molecular weight excluding hydrogens is 694 g/mol. The largest absolute Gasteiger partial charge is 0.339 e. The molecule has 0 N–H and O–H groups in total. The smallest absolute Gasteiger partial charge is 0.271 e. The van der Waals surface area contributed by atoms with Crippen LogP contribution in [0.4, 0.5) is 5.69 Å². The number of carbonyl (C=O) groups excluding carboxylic acids is 1. The highest BCUT2D eigenvalue weighted by Gasteiger charge is 2.34. The maximum absolute atomic E-state index is 14.7. The number of rotatable bonds is 9. The van der Waals surface area contributed by atoms with E-state index in [1.54, 1.807) is 33.7 Å². The van der Waals surface area contributed by atoms with Crippen molar-refractivity contribution in [2.75, 3.05) is 13.1 Å². The van der Waals surface area contributed by atoms with Gasteiger partial charge in [-0.15, -0.1) is 0 Å². The van der Waals surface area contributed by atoms with Gasteiger partial charge in [0, 0.05) is 41.5 Å². The summed E-state index contributed by atoms with van der Waals surface area (Å²) in [4.78, 5) is 46.9. The van der Waals surface area contributed by atoms with Gasteiger partial charge in [-0.3, -0.25) is 24.3 Å². The monoisotopic (exact) mass is 727 g/mol. The molecule has 0 saturated heterocycles. The Morgan fingerprint density at radius 2 is 1.54 bits per heavy atom. The molecular formula is C41H34ClN5O4S. The highest BCUT2D eigenvalue weighted by Crippen LogP contribution is 2.37. The zero-order valence-electron chi connectivity index (χ0n) is 28.7. The molecule has 0 fully saturated rings. The lowest BCUT2D eigenvalue weighted by Crippen LogP contribution is -2.43. The summed E-state index contributed by atoms with van der Waals surface area (Å²) in [7, 11) is 0. The van der Waals surface area contributed by atoms with Crippen LogP contribution in [-0.4, -0.2) is 38.0 Å². The second kappa shape index (κ2) is 14.4. The predicted octanol–water partition coefficient (Wildman–Crippen LogP) is 7.79. The van der Waals surface area contributed by atoms with Crippen molar-refractivity contribution in [3.8, 4) is 28.2 Å². The Labute approximate surface area is 308 Å². The first-order valence-electron chi connectivity index (χ1n) is 16.9. The summed E-state index contributed by atoms with van der Waals surface area (Å²) in [6.07, 6.45) is 1.88. The molecule has 0 radical (unpaired) electrons. The fourth-order valence-corrected chi connectivity index (χ4v) is 7.89. The van der Waals surface area contributed by atoms with Crippen molar-refractivity contribution in [3.63, 3.8) is 0 Å². The summed E-state index contributed by atoms with van der Waals surface area (Å²) in [6, 6.07) is 34.7. The van der Waals surface area contributed by atoms with Crippen LogP contribution in [0, 0.1) is 10.1 Å². The zero-order valence-corrected chi connectivity index (χ0v) is 30.3. The van der Waals surface area contributed by atoms with E-state index in [1.165, 1.54) is 23.5 Å². The lowest BCUT2D eigenvalue weighted by atomic mass is 9.94. The summed E-state index contributed by atoms with van der Waals surface area (Å²) >= 11 is 7.55. The molecule has 3 heterocycles. The third-order valence-corrected chi connectivity index (χ3v) is 10.5. The van der Waals surface area contributed by atoms with E-state index in [0.717, 1.165) is 39.3 Å². The normalized spacial score (nSPS) is 14.2. The van der Waals surface area contributed by atoms with Gasteiger partial charge in [0.25, 0.3) is 17.2 Å². The zero-order chi connectivity index (χ0) is 36.5. The molecule has 1 aliphatic heterocycles. The fourth-order valence-electron chi connectivity index (χ4n) is 6.72. The number of hydrogen-bond donors (Lipinski definition) is 0. The van der Waals surface area contributed by atoms with E-state index in [1.807, 2.05) is 106 Å². The number of halogens is 1. The van der Waals surface area contributed by atoms with Crippen LogP contribution in [-0.2, 0) is 4.79 Å². The average Bonchev–Trinajstić information content (AvgIpc) is 3.69. The van der Waals surface area contributed by atoms with Gasteiger partial charge in [-0.25, -0.2) is 4.99 Å². The van der Waals surface area contributed by atoms with Crippen LogP contribution >= 0.6 is 22.9 Å². The van der Waals surface area contributed by atoms with E-state index >= 15 is 0 Å². The number of non-ortho nitro benzene ring substituents is 1. The van der Waals surface area contributed by atoms with Gasteiger partial charge in [0.2, 0.25) is 0 Å². The van der Waals surface area contributed by atoms with Crippen LogP contribution in [0.3, 0.4) is 0 Å². The second-order valence-electron chi connectivity index (χ2n) is 12.3. The van der Waals surface area contributed by atoms with Crippen LogP contribution in [0.15, 0.2) is 136 Å². The molecule has 0 spiro atoms. The van der Waals surface area contributed by atoms with Crippen molar-refractivity contribution in [3.05, 3.63) is 172 Å². The first-order chi connectivity index (χ1) is 25.2. The summed E-state index contributed by atoms with van der Waals surface area (Å²) in [5.74, 6) is -0.167. The molecule has 0 aliphatic carbocycles. The van der Waals surface area contributed by atoms with Crippen LogP contribution in [0.25, 0.3) is 34.3 Å². The highest BCUT2D eigenvalue weighted by molar-refractivity contribution is 7.07. The molecule has 1 amide bonds. The Hall–Kier alpha value is -5.84. The first kappa shape index (κ1) is 34.6. The maximum atomic E-state index is 14.7. The number of thiazole rings is 1. The minimum Gasteiger partial charge on any atom is -0.339 e. The summed E-state index contributed by atoms with van der Waals surface area (Å²) in [5.41, 5.74) is 6.44. The Morgan fingerprint density at radius 1 is 0.923 bits per heavy atom. The lowest BCUT2D eigenvalue weighted by molar-refractivity contribution is -0.384. The standard InChI is InChI=1S/C41H34ClN5O4S/c1-4-44(5-2)40(49)36-26(3)43-41-46(38(36)29-16-18-31(42)19-17-29)39(48)35(52-41)25-30-24-34(27-12-8-6-9-13-27)45(37(30)28-14-10-7-11-15-28)32-20-22-33(23-21-32)47(50)51/h6-25,38H,4-5H2,1-3H3/b35-25+/t38-/m0/s1. The van der Waals surface area contributed by atoms with Crippen molar-refractivity contribution in [2.24, 2.45) is 4.99 Å². The number of hydrogen-bond acceptors (Lipinski definition) is 6. The minimum atomic E-state index is -0.707. The molecule has 260 valence electrons. The van der Waals surface area contributed by atoms with Gasteiger partial charge in [0.1, 0.15) is 0 Å². The van der Waals surface area contributed by atoms with Crippen LogP contribution in [0.2, 0.25) is 5.02 Å². The van der Waals surface area contributed by atoms with Gasteiger partial charge in [0.05, 0.1) is 38.2 Å².